The molecule has 0 aliphatic rings. The minimum atomic E-state index is -0.185. The summed E-state index contributed by atoms with van der Waals surface area (Å²) in [4.78, 5) is 15.3. The van der Waals surface area contributed by atoms with Gasteiger partial charge in [-0.05, 0) is 13.8 Å². The number of carbonyl (C=O) groups is 1. The summed E-state index contributed by atoms with van der Waals surface area (Å²) < 4.78 is 0. The van der Waals surface area contributed by atoms with Gasteiger partial charge in [-0.2, -0.15) is 0 Å². The fraction of sp³-hybridized carbons (Fsp3) is 0.333. The largest absolute Gasteiger partial charge is 0.375 e. The van der Waals surface area contributed by atoms with Crippen molar-refractivity contribution in [3.8, 4) is 0 Å². The lowest BCUT2D eigenvalue weighted by molar-refractivity contribution is 0.0954. The van der Waals surface area contributed by atoms with Crippen molar-refractivity contribution in [2.75, 3.05) is 12.3 Å². The topological polar surface area (TPSA) is 68.0 Å². The summed E-state index contributed by atoms with van der Waals surface area (Å²) in [6.45, 7) is 4.48. The predicted molar refractivity (Wildman–Crippen MR) is 58.3 cm³/mol. The summed E-state index contributed by atoms with van der Waals surface area (Å²) in [5.74, 6) is -0.185. The van der Waals surface area contributed by atoms with Gasteiger partial charge in [-0.25, -0.2) is 4.98 Å². The number of rotatable bonds is 3. The molecule has 0 saturated carbocycles. The smallest absolute Gasteiger partial charge is 0.271 e. The van der Waals surface area contributed by atoms with Gasteiger partial charge in [0.15, 0.2) is 5.13 Å². The number of aromatic nitrogens is 1. The van der Waals surface area contributed by atoms with Gasteiger partial charge in [0.25, 0.3) is 5.91 Å². The summed E-state index contributed by atoms with van der Waals surface area (Å²) in [5, 5.41) is 4.78. The number of nitrogen functional groups attached to an aromatic ring is 1. The number of allylic oxidation sites excluding steroid dienone is 1. The molecule has 0 bridgehead atoms. The molecule has 14 heavy (non-hydrogen) atoms. The van der Waals surface area contributed by atoms with Crippen molar-refractivity contribution in [1.82, 2.24) is 10.3 Å². The second-order valence-electron chi connectivity index (χ2n) is 3.06. The van der Waals surface area contributed by atoms with Crippen molar-refractivity contribution in [3.05, 3.63) is 22.7 Å². The molecule has 1 aromatic heterocycles. The van der Waals surface area contributed by atoms with Gasteiger partial charge < -0.3 is 11.1 Å². The minimum absolute atomic E-state index is 0.185. The van der Waals surface area contributed by atoms with Gasteiger partial charge in [0.1, 0.15) is 5.69 Å². The maximum Gasteiger partial charge on any atom is 0.271 e. The second kappa shape index (κ2) is 4.76. The number of hydrogen-bond donors (Lipinski definition) is 2. The third kappa shape index (κ3) is 3.18. The van der Waals surface area contributed by atoms with Crippen molar-refractivity contribution >= 4 is 22.4 Å². The Labute approximate surface area is 86.8 Å². The van der Waals surface area contributed by atoms with Crippen LogP contribution >= 0.6 is 11.3 Å². The van der Waals surface area contributed by atoms with Crippen LogP contribution in [-0.2, 0) is 0 Å². The van der Waals surface area contributed by atoms with E-state index in [2.05, 4.69) is 10.3 Å². The van der Waals surface area contributed by atoms with Crippen LogP contribution in [0.2, 0.25) is 0 Å². The van der Waals surface area contributed by atoms with Gasteiger partial charge in [-0.3, -0.25) is 4.79 Å². The van der Waals surface area contributed by atoms with Crippen molar-refractivity contribution in [2.45, 2.75) is 13.8 Å². The highest BCUT2D eigenvalue weighted by Crippen LogP contribution is 2.10. The maximum absolute atomic E-state index is 11.4. The first kappa shape index (κ1) is 10.7. The maximum atomic E-state index is 11.4. The zero-order valence-electron chi connectivity index (χ0n) is 8.20. The Bertz CT molecular complexity index is 353. The quantitative estimate of drug-likeness (QED) is 0.743. The summed E-state index contributed by atoms with van der Waals surface area (Å²) in [7, 11) is 0. The molecule has 0 spiro atoms. The van der Waals surface area contributed by atoms with E-state index in [1.54, 1.807) is 5.38 Å². The molecule has 0 saturated heterocycles. The number of nitrogens with zero attached hydrogens (tertiary/aromatic N) is 1. The fourth-order valence-corrected chi connectivity index (χ4v) is 1.37. The molecule has 0 aliphatic heterocycles. The van der Waals surface area contributed by atoms with Gasteiger partial charge in [0.2, 0.25) is 0 Å². The number of hydrogen-bond acceptors (Lipinski definition) is 4. The van der Waals surface area contributed by atoms with Gasteiger partial charge in [0.05, 0.1) is 0 Å². The van der Waals surface area contributed by atoms with Gasteiger partial charge >= 0.3 is 0 Å². The first-order valence-electron chi connectivity index (χ1n) is 4.22. The van der Waals surface area contributed by atoms with Crippen molar-refractivity contribution in [2.24, 2.45) is 0 Å². The third-order valence-electron chi connectivity index (χ3n) is 1.53. The van der Waals surface area contributed by atoms with E-state index in [-0.39, 0.29) is 5.91 Å². The normalized spacial score (nSPS) is 9.57. The molecule has 0 aliphatic carbocycles. The zero-order chi connectivity index (χ0) is 10.6. The Hall–Kier alpha value is -1.36. The minimum Gasteiger partial charge on any atom is -0.375 e. The monoisotopic (exact) mass is 211 g/mol. The van der Waals surface area contributed by atoms with Crippen LogP contribution in [-0.4, -0.2) is 17.4 Å². The van der Waals surface area contributed by atoms with Crippen LogP contribution in [0.15, 0.2) is 17.0 Å². The molecule has 1 heterocycles. The average molecular weight is 211 g/mol. The molecule has 76 valence electrons. The summed E-state index contributed by atoms with van der Waals surface area (Å²) in [6.07, 6.45) is 1.94. The molecule has 3 N–H and O–H groups in total. The van der Waals surface area contributed by atoms with Crippen molar-refractivity contribution in [3.63, 3.8) is 0 Å². The highest BCUT2D eigenvalue weighted by molar-refractivity contribution is 7.13. The Kier molecular flexibility index (Phi) is 3.64. The second-order valence-corrected chi connectivity index (χ2v) is 3.95. The van der Waals surface area contributed by atoms with Crippen LogP contribution < -0.4 is 11.1 Å². The third-order valence-corrected chi connectivity index (χ3v) is 2.20. The van der Waals surface area contributed by atoms with Gasteiger partial charge in [-0.15, -0.1) is 11.3 Å². The summed E-state index contributed by atoms with van der Waals surface area (Å²) >= 11 is 1.26. The van der Waals surface area contributed by atoms with E-state index in [9.17, 15) is 4.79 Å². The fourth-order valence-electron chi connectivity index (χ4n) is 0.830. The van der Waals surface area contributed by atoms with Gasteiger partial charge in [-0.1, -0.05) is 11.6 Å². The predicted octanol–water partition coefficient (Wildman–Crippen LogP) is 1.42. The Morgan fingerprint density at radius 3 is 2.93 bits per heavy atom. The van der Waals surface area contributed by atoms with Crippen LogP contribution in [0.5, 0.6) is 0 Å². The lowest BCUT2D eigenvalue weighted by Crippen LogP contribution is -2.23. The molecule has 4 nitrogen and oxygen atoms in total. The molecule has 0 unspecified atom stereocenters. The standard InChI is InChI=1S/C9H13N3OS/c1-6(2)3-4-11-8(13)7-5-14-9(10)12-7/h3,5H,4H2,1-2H3,(H2,10,12)(H,11,13). The molecular formula is C9H13N3OS. The van der Waals surface area contributed by atoms with E-state index in [1.807, 2.05) is 19.9 Å². The first-order valence-corrected chi connectivity index (χ1v) is 5.10. The first-order chi connectivity index (χ1) is 6.59. The van der Waals surface area contributed by atoms with E-state index >= 15 is 0 Å². The molecule has 1 aromatic rings. The van der Waals surface area contributed by atoms with Crippen LogP contribution in [0.25, 0.3) is 0 Å². The van der Waals surface area contributed by atoms with E-state index in [0.717, 1.165) is 0 Å². The Morgan fingerprint density at radius 2 is 2.43 bits per heavy atom. The Balaban J connectivity index is 2.47. The van der Waals surface area contributed by atoms with Crippen LogP contribution in [0.4, 0.5) is 5.13 Å². The summed E-state index contributed by atoms with van der Waals surface area (Å²) in [6, 6.07) is 0. The Morgan fingerprint density at radius 1 is 1.71 bits per heavy atom. The zero-order valence-corrected chi connectivity index (χ0v) is 9.02. The van der Waals surface area contributed by atoms with E-state index < -0.39 is 0 Å². The molecule has 5 heteroatoms. The van der Waals surface area contributed by atoms with E-state index in [1.165, 1.54) is 16.9 Å². The highest BCUT2D eigenvalue weighted by Gasteiger charge is 2.07. The highest BCUT2D eigenvalue weighted by atomic mass is 32.1. The van der Waals surface area contributed by atoms with E-state index in [4.69, 9.17) is 5.73 Å². The number of nitrogens with one attached hydrogen (secondary N) is 1. The average Bonchev–Trinajstić information content (AvgIpc) is 2.51. The van der Waals surface area contributed by atoms with Crippen LogP contribution in [0, 0.1) is 0 Å². The lowest BCUT2D eigenvalue weighted by Gasteiger charge is -1.98. The SMILES string of the molecule is CC(C)=CCNC(=O)c1csc(N)n1. The number of amides is 1. The molecule has 0 aromatic carbocycles. The van der Waals surface area contributed by atoms with E-state index in [0.29, 0.717) is 17.4 Å². The van der Waals surface area contributed by atoms with Crippen molar-refractivity contribution in [1.29, 1.82) is 0 Å². The molecule has 0 atom stereocenters. The lowest BCUT2D eigenvalue weighted by atomic mass is 10.3. The number of anilines is 1. The number of thiazole rings is 1. The molecular weight excluding hydrogens is 198 g/mol. The number of nitrogens with two attached hydrogens (primary N) is 1. The van der Waals surface area contributed by atoms with Crippen LogP contribution in [0.1, 0.15) is 24.3 Å². The van der Waals surface area contributed by atoms with Gasteiger partial charge in [0, 0.05) is 11.9 Å². The molecule has 1 amide bonds. The summed E-state index contributed by atoms with van der Waals surface area (Å²) in [5.41, 5.74) is 6.96. The van der Waals surface area contributed by atoms with Crippen LogP contribution in [0.3, 0.4) is 0 Å². The van der Waals surface area contributed by atoms with Crippen molar-refractivity contribution < 1.29 is 4.79 Å². The molecule has 0 fully saturated rings. The number of carbonyl (C=O) groups excluding carboxylic acids is 1. The molecule has 1 rings (SSSR count). The molecule has 0 radical (unpaired) electrons.